The van der Waals surface area contributed by atoms with Crippen LogP contribution in [0.4, 0.5) is 5.82 Å². The zero-order chi connectivity index (χ0) is 18.7. The van der Waals surface area contributed by atoms with Crippen LogP contribution in [0.2, 0.25) is 0 Å². The van der Waals surface area contributed by atoms with Gasteiger partial charge >= 0.3 is 0 Å². The van der Waals surface area contributed by atoms with Crippen LogP contribution in [0.15, 0.2) is 24.3 Å². The van der Waals surface area contributed by atoms with Gasteiger partial charge in [-0.2, -0.15) is 5.10 Å². The molecule has 2 aromatic heterocycles. The van der Waals surface area contributed by atoms with Crippen molar-refractivity contribution in [1.82, 2.24) is 20.1 Å². The number of carbonyl (C=O) groups is 1. The molecule has 0 spiro atoms. The number of hydrogen-bond acceptors (Lipinski definition) is 6. The van der Waals surface area contributed by atoms with Gasteiger partial charge in [-0.3, -0.25) is 4.79 Å². The molecule has 1 saturated heterocycles. The van der Waals surface area contributed by atoms with Gasteiger partial charge in [0.1, 0.15) is 5.56 Å². The first-order valence-corrected chi connectivity index (χ1v) is 8.93. The number of rotatable bonds is 5. The molecule has 2 aromatic rings. The molecule has 3 rings (SSSR count). The Hall–Kier alpha value is -2.70. The minimum Gasteiger partial charge on any atom is -0.477 e. The first-order chi connectivity index (χ1) is 12.5. The third-order valence-electron chi connectivity index (χ3n) is 4.50. The predicted octanol–water partition coefficient (Wildman–Crippen LogP) is 2.62. The molecule has 3 heterocycles. The Bertz CT molecular complexity index is 776. The lowest BCUT2D eigenvalue weighted by atomic mass is 10.1. The summed E-state index contributed by atoms with van der Waals surface area (Å²) in [6.45, 7) is 4.94. The smallest absolute Gasteiger partial charge is 0.259 e. The topological polar surface area (TPSA) is 71.5 Å². The summed E-state index contributed by atoms with van der Waals surface area (Å²) in [6.07, 6.45) is 1.82. The predicted molar refractivity (Wildman–Crippen MR) is 99.5 cm³/mol. The number of aromatic nitrogens is 3. The standard InChI is InChI=1S/C19H25N5O2/c1-5-26-18-14(9-8-13(2)20-18)19(25)24-12-6-7-16(24)15-10-11-17(22-21-15)23(3)4/h8-11,16H,5-7,12H2,1-4H3. The maximum atomic E-state index is 13.2. The first-order valence-electron chi connectivity index (χ1n) is 8.93. The molecule has 1 atom stereocenters. The third-order valence-corrected chi connectivity index (χ3v) is 4.50. The van der Waals surface area contributed by atoms with E-state index in [-0.39, 0.29) is 11.9 Å². The number of anilines is 1. The van der Waals surface area contributed by atoms with Crippen molar-refractivity contribution in [1.29, 1.82) is 0 Å². The number of ether oxygens (including phenoxy) is 1. The summed E-state index contributed by atoms with van der Waals surface area (Å²) in [5, 5.41) is 8.60. The number of carbonyl (C=O) groups excluding carboxylic acids is 1. The van der Waals surface area contributed by atoms with Crippen molar-refractivity contribution < 1.29 is 9.53 Å². The van der Waals surface area contributed by atoms with Gasteiger partial charge in [-0.15, -0.1) is 5.10 Å². The largest absolute Gasteiger partial charge is 0.477 e. The molecule has 0 aromatic carbocycles. The molecule has 0 bridgehead atoms. The van der Waals surface area contributed by atoms with Crippen LogP contribution in [0.5, 0.6) is 5.88 Å². The minimum atomic E-state index is -0.0677. The lowest BCUT2D eigenvalue weighted by molar-refractivity contribution is 0.0727. The molecule has 1 unspecified atom stereocenters. The quantitative estimate of drug-likeness (QED) is 0.821. The van der Waals surface area contributed by atoms with Gasteiger partial charge in [-0.25, -0.2) is 4.98 Å². The molecule has 138 valence electrons. The Morgan fingerprint density at radius 3 is 2.73 bits per heavy atom. The summed E-state index contributed by atoms with van der Waals surface area (Å²) in [5.74, 6) is 1.13. The molecule has 1 aliphatic rings. The fourth-order valence-electron chi connectivity index (χ4n) is 3.17. The zero-order valence-electron chi connectivity index (χ0n) is 15.8. The molecule has 0 aliphatic carbocycles. The molecule has 0 N–H and O–H groups in total. The van der Waals surface area contributed by atoms with Crippen molar-refractivity contribution in [3.8, 4) is 5.88 Å². The number of nitrogens with zero attached hydrogens (tertiary/aromatic N) is 5. The van der Waals surface area contributed by atoms with Crippen LogP contribution >= 0.6 is 0 Å². The summed E-state index contributed by atoms with van der Waals surface area (Å²) < 4.78 is 5.59. The van der Waals surface area contributed by atoms with Gasteiger partial charge in [-0.1, -0.05) is 0 Å². The Labute approximate surface area is 154 Å². The van der Waals surface area contributed by atoms with Crippen molar-refractivity contribution in [2.45, 2.75) is 32.7 Å². The Morgan fingerprint density at radius 2 is 2.08 bits per heavy atom. The van der Waals surface area contributed by atoms with E-state index in [1.165, 1.54) is 0 Å². The van der Waals surface area contributed by atoms with Gasteiger partial charge < -0.3 is 14.5 Å². The van der Waals surface area contributed by atoms with Crippen LogP contribution in [0, 0.1) is 6.92 Å². The first kappa shape index (κ1) is 18.1. The van der Waals surface area contributed by atoms with E-state index in [0.717, 1.165) is 30.0 Å². The molecule has 1 amide bonds. The molecular formula is C19H25N5O2. The SMILES string of the molecule is CCOc1nc(C)ccc1C(=O)N1CCCC1c1ccc(N(C)C)nn1. The molecular weight excluding hydrogens is 330 g/mol. The second kappa shape index (κ2) is 7.68. The van der Waals surface area contributed by atoms with Crippen LogP contribution in [0.25, 0.3) is 0 Å². The van der Waals surface area contributed by atoms with Gasteiger partial charge in [0.05, 0.1) is 18.3 Å². The van der Waals surface area contributed by atoms with Gasteiger partial charge in [0, 0.05) is 26.3 Å². The highest BCUT2D eigenvalue weighted by molar-refractivity contribution is 5.96. The van der Waals surface area contributed by atoms with E-state index in [2.05, 4.69) is 15.2 Å². The van der Waals surface area contributed by atoms with E-state index in [0.29, 0.717) is 24.6 Å². The van der Waals surface area contributed by atoms with E-state index in [1.54, 1.807) is 6.07 Å². The van der Waals surface area contributed by atoms with Crippen LogP contribution in [0.1, 0.15) is 47.6 Å². The average molecular weight is 355 g/mol. The van der Waals surface area contributed by atoms with Crippen molar-refractivity contribution >= 4 is 11.7 Å². The van der Waals surface area contributed by atoms with E-state index >= 15 is 0 Å². The van der Waals surface area contributed by atoms with Crippen molar-refractivity contribution in [2.24, 2.45) is 0 Å². The fourth-order valence-corrected chi connectivity index (χ4v) is 3.17. The molecule has 1 fully saturated rings. The highest BCUT2D eigenvalue weighted by Crippen LogP contribution is 2.33. The number of pyridine rings is 1. The van der Waals surface area contributed by atoms with E-state index in [1.807, 2.05) is 55.9 Å². The lowest BCUT2D eigenvalue weighted by Crippen LogP contribution is -2.31. The molecule has 0 radical (unpaired) electrons. The molecule has 1 aliphatic heterocycles. The normalized spacial score (nSPS) is 16.6. The van der Waals surface area contributed by atoms with Crippen LogP contribution in [0.3, 0.4) is 0 Å². The fraction of sp³-hybridized carbons (Fsp3) is 0.474. The Kier molecular flexibility index (Phi) is 5.35. The maximum Gasteiger partial charge on any atom is 0.259 e. The zero-order valence-corrected chi connectivity index (χ0v) is 15.8. The van der Waals surface area contributed by atoms with E-state index in [4.69, 9.17) is 4.74 Å². The van der Waals surface area contributed by atoms with Crippen LogP contribution in [-0.2, 0) is 0 Å². The molecule has 7 nitrogen and oxygen atoms in total. The number of hydrogen-bond donors (Lipinski definition) is 0. The summed E-state index contributed by atoms with van der Waals surface area (Å²) in [4.78, 5) is 21.3. The number of aryl methyl sites for hydroxylation is 1. The molecule has 7 heteroatoms. The van der Waals surface area contributed by atoms with Gasteiger partial charge in [-0.05, 0) is 51.0 Å². The Morgan fingerprint density at radius 1 is 1.27 bits per heavy atom. The highest BCUT2D eigenvalue weighted by atomic mass is 16.5. The third kappa shape index (κ3) is 3.61. The lowest BCUT2D eigenvalue weighted by Gasteiger charge is -2.25. The summed E-state index contributed by atoms with van der Waals surface area (Å²) >= 11 is 0. The number of amides is 1. The monoisotopic (exact) mass is 355 g/mol. The minimum absolute atomic E-state index is 0.0676. The maximum absolute atomic E-state index is 13.2. The summed E-state index contributed by atoms with van der Waals surface area (Å²) in [5.41, 5.74) is 2.15. The van der Waals surface area contributed by atoms with E-state index < -0.39 is 0 Å². The van der Waals surface area contributed by atoms with Crippen molar-refractivity contribution in [2.75, 3.05) is 32.1 Å². The highest BCUT2D eigenvalue weighted by Gasteiger charge is 2.33. The molecule has 0 saturated carbocycles. The van der Waals surface area contributed by atoms with Crippen molar-refractivity contribution in [3.63, 3.8) is 0 Å². The Balaban J connectivity index is 1.87. The van der Waals surface area contributed by atoms with Crippen molar-refractivity contribution in [3.05, 3.63) is 41.2 Å². The van der Waals surface area contributed by atoms with Gasteiger partial charge in [0.2, 0.25) is 5.88 Å². The van der Waals surface area contributed by atoms with Gasteiger partial charge in [0.15, 0.2) is 5.82 Å². The summed E-state index contributed by atoms with van der Waals surface area (Å²) in [7, 11) is 3.85. The van der Waals surface area contributed by atoms with Crippen LogP contribution < -0.4 is 9.64 Å². The summed E-state index contributed by atoms with van der Waals surface area (Å²) in [6, 6.07) is 7.46. The second-order valence-corrected chi connectivity index (χ2v) is 6.61. The second-order valence-electron chi connectivity index (χ2n) is 6.61. The van der Waals surface area contributed by atoms with E-state index in [9.17, 15) is 4.79 Å². The average Bonchev–Trinajstić information content (AvgIpc) is 3.11. The van der Waals surface area contributed by atoms with Gasteiger partial charge in [0.25, 0.3) is 5.91 Å². The number of likely N-dealkylation sites (tertiary alicyclic amines) is 1. The molecule has 26 heavy (non-hydrogen) atoms. The van der Waals surface area contributed by atoms with Crippen LogP contribution in [-0.4, -0.2) is 53.2 Å².